The largest absolute Gasteiger partial charge is 0.312 e. The van der Waals surface area contributed by atoms with Gasteiger partial charge in [-0.1, -0.05) is 12.3 Å². The summed E-state index contributed by atoms with van der Waals surface area (Å²) in [7, 11) is 0. The van der Waals surface area contributed by atoms with Gasteiger partial charge in [0.05, 0.1) is 6.04 Å². The lowest BCUT2D eigenvalue weighted by Gasteiger charge is -2.41. The number of nitrogens with one attached hydrogen (secondary N) is 1. The Morgan fingerprint density at radius 1 is 1.33 bits per heavy atom. The van der Waals surface area contributed by atoms with E-state index in [9.17, 15) is 0 Å². The van der Waals surface area contributed by atoms with Crippen LogP contribution in [-0.4, -0.2) is 36.1 Å². The van der Waals surface area contributed by atoms with E-state index in [2.05, 4.69) is 23.1 Å². The van der Waals surface area contributed by atoms with Crippen LogP contribution in [0.2, 0.25) is 0 Å². The van der Waals surface area contributed by atoms with Crippen molar-refractivity contribution < 1.29 is 0 Å². The first-order valence-corrected chi connectivity index (χ1v) is 6.28. The summed E-state index contributed by atoms with van der Waals surface area (Å²) in [6.07, 6.45) is 12.2. The van der Waals surface area contributed by atoms with Crippen LogP contribution in [0.5, 0.6) is 0 Å². The van der Waals surface area contributed by atoms with Gasteiger partial charge < -0.3 is 5.32 Å². The van der Waals surface area contributed by atoms with Gasteiger partial charge in [0.1, 0.15) is 0 Å². The first-order valence-electron chi connectivity index (χ1n) is 6.28. The normalized spacial score (nSPS) is 34.9. The van der Waals surface area contributed by atoms with Crippen molar-refractivity contribution in [1.82, 2.24) is 10.2 Å². The smallest absolute Gasteiger partial charge is 0.0686 e. The molecule has 0 saturated carbocycles. The maximum absolute atomic E-state index is 5.55. The van der Waals surface area contributed by atoms with E-state index >= 15 is 0 Å². The number of likely N-dealkylation sites (tertiary alicyclic amines) is 1. The number of rotatable bonds is 2. The first kappa shape index (κ1) is 11.0. The van der Waals surface area contributed by atoms with Gasteiger partial charge >= 0.3 is 0 Å². The molecule has 2 aliphatic heterocycles. The molecule has 3 atom stereocenters. The molecule has 1 N–H and O–H groups in total. The molecule has 2 nitrogen and oxygen atoms in total. The summed E-state index contributed by atoms with van der Waals surface area (Å²) in [5, 5.41) is 3.62. The van der Waals surface area contributed by atoms with Crippen molar-refractivity contribution in [3.8, 4) is 12.3 Å². The van der Waals surface area contributed by atoms with Gasteiger partial charge in [0, 0.05) is 12.1 Å². The Bertz CT molecular complexity index is 237. The molecule has 84 valence electrons. The molecule has 0 amide bonds. The average molecular weight is 206 g/mol. The van der Waals surface area contributed by atoms with Gasteiger partial charge in [-0.05, 0) is 45.7 Å². The highest BCUT2D eigenvalue weighted by Gasteiger charge is 2.33. The molecule has 2 aliphatic rings. The highest BCUT2D eigenvalue weighted by molar-refractivity contribution is 5.02. The minimum Gasteiger partial charge on any atom is -0.312 e. The van der Waals surface area contributed by atoms with Crippen molar-refractivity contribution in [3.05, 3.63) is 0 Å². The van der Waals surface area contributed by atoms with Gasteiger partial charge in [-0.25, -0.2) is 0 Å². The Balaban J connectivity index is 2.02. The Labute approximate surface area is 93.4 Å². The summed E-state index contributed by atoms with van der Waals surface area (Å²) >= 11 is 0. The SMILES string of the molecule is C#CC(C)N1CCCCC1C1CCCN1. The maximum atomic E-state index is 5.55. The lowest BCUT2D eigenvalue weighted by molar-refractivity contribution is 0.103. The van der Waals surface area contributed by atoms with Crippen molar-refractivity contribution >= 4 is 0 Å². The lowest BCUT2D eigenvalue weighted by atomic mass is 9.93. The molecular weight excluding hydrogens is 184 g/mol. The predicted molar refractivity (Wildman–Crippen MR) is 63.7 cm³/mol. The summed E-state index contributed by atoms with van der Waals surface area (Å²) in [6, 6.07) is 1.69. The quantitative estimate of drug-likeness (QED) is 0.691. The zero-order valence-electron chi connectivity index (χ0n) is 9.71. The van der Waals surface area contributed by atoms with Crippen LogP contribution >= 0.6 is 0 Å². The molecule has 2 fully saturated rings. The third kappa shape index (κ3) is 2.35. The van der Waals surface area contributed by atoms with Gasteiger partial charge in [-0.3, -0.25) is 4.90 Å². The molecule has 2 heteroatoms. The molecule has 0 aromatic heterocycles. The van der Waals surface area contributed by atoms with Crippen LogP contribution in [-0.2, 0) is 0 Å². The van der Waals surface area contributed by atoms with Crippen LogP contribution in [0.1, 0.15) is 39.0 Å². The van der Waals surface area contributed by atoms with Gasteiger partial charge in [0.2, 0.25) is 0 Å². The van der Waals surface area contributed by atoms with Crippen LogP contribution in [0.25, 0.3) is 0 Å². The second-order valence-corrected chi connectivity index (χ2v) is 4.85. The number of piperidine rings is 1. The third-order valence-electron chi connectivity index (χ3n) is 3.89. The van der Waals surface area contributed by atoms with Crippen molar-refractivity contribution in [2.75, 3.05) is 13.1 Å². The fourth-order valence-electron chi connectivity index (χ4n) is 3.03. The lowest BCUT2D eigenvalue weighted by Crippen LogP contribution is -2.53. The molecular formula is C13H22N2. The van der Waals surface area contributed by atoms with Gasteiger partial charge in [0.15, 0.2) is 0 Å². The average Bonchev–Trinajstić information content (AvgIpc) is 2.81. The van der Waals surface area contributed by atoms with E-state index in [1.165, 1.54) is 45.2 Å². The Kier molecular flexibility index (Phi) is 3.66. The van der Waals surface area contributed by atoms with Crippen LogP contribution in [0.15, 0.2) is 0 Å². The molecule has 0 aliphatic carbocycles. The van der Waals surface area contributed by atoms with E-state index in [1.54, 1.807) is 0 Å². The molecule has 2 heterocycles. The van der Waals surface area contributed by atoms with Crippen molar-refractivity contribution in [2.45, 2.75) is 57.2 Å². The van der Waals surface area contributed by atoms with E-state index in [0.29, 0.717) is 18.1 Å². The zero-order valence-corrected chi connectivity index (χ0v) is 9.71. The molecule has 3 unspecified atom stereocenters. The molecule has 0 aromatic rings. The van der Waals surface area contributed by atoms with E-state index in [0.717, 1.165) is 0 Å². The number of hydrogen-bond acceptors (Lipinski definition) is 2. The van der Waals surface area contributed by atoms with E-state index in [-0.39, 0.29) is 0 Å². The van der Waals surface area contributed by atoms with Crippen molar-refractivity contribution in [2.24, 2.45) is 0 Å². The molecule has 2 rings (SSSR count). The Morgan fingerprint density at radius 3 is 2.87 bits per heavy atom. The molecule has 0 aromatic carbocycles. The van der Waals surface area contributed by atoms with E-state index in [4.69, 9.17) is 6.42 Å². The summed E-state index contributed by atoms with van der Waals surface area (Å²) in [4.78, 5) is 2.53. The number of nitrogens with zero attached hydrogens (tertiary/aromatic N) is 1. The van der Waals surface area contributed by atoms with Crippen LogP contribution in [0.4, 0.5) is 0 Å². The fourth-order valence-corrected chi connectivity index (χ4v) is 3.03. The highest BCUT2D eigenvalue weighted by Crippen LogP contribution is 2.25. The van der Waals surface area contributed by atoms with E-state index < -0.39 is 0 Å². The minimum atomic E-state index is 0.303. The summed E-state index contributed by atoms with van der Waals surface area (Å²) < 4.78 is 0. The summed E-state index contributed by atoms with van der Waals surface area (Å²) in [5.74, 6) is 2.89. The summed E-state index contributed by atoms with van der Waals surface area (Å²) in [6.45, 7) is 4.54. The van der Waals surface area contributed by atoms with Crippen molar-refractivity contribution in [1.29, 1.82) is 0 Å². The summed E-state index contributed by atoms with van der Waals surface area (Å²) in [5.41, 5.74) is 0. The third-order valence-corrected chi connectivity index (χ3v) is 3.89. The molecule has 2 saturated heterocycles. The topological polar surface area (TPSA) is 15.3 Å². The van der Waals surface area contributed by atoms with E-state index in [1.807, 2.05) is 0 Å². The second-order valence-electron chi connectivity index (χ2n) is 4.85. The Hall–Kier alpha value is -0.520. The monoisotopic (exact) mass is 206 g/mol. The van der Waals surface area contributed by atoms with Gasteiger partial charge in [0.25, 0.3) is 0 Å². The number of terminal acetylenes is 1. The second kappa shape index (κ2) is 5.01. The molecule has 0 spiro atoms. The zero-order chi connectivity index (χ0) is 10.7. The number of hydrogen-bond donors (Lipinski definition) is 1. The standard InChI is InChI=1S/C13H22N2/c1-3-11(2)15-10-5-4-8-13(15)12-7-6-9-14-12/h1,11-14H,4-10H2,2H3. The van der Waals surface area contributed by atoms with Crippen LogP contribution in [0, 0.1) is 12.3 Å². The molecule has 0 bridgehead atoms. The van der Waals surface area contributed by atoms with Crippen LogP contribution < -0.4 is 5.32 Å². The molecule has 0 radical (unpaired) electrons. The predicted octanol–water partition coefficient (Wildman–Crippen LogP) is 1.61. The van der Waals surface area contributed by atoms with Gasteiger partial charge in [-0.15, -0.1) is 6.42 Å². The Morgan fingerprint density at radius 2 is 2.20 bits per heavy atom. The fraction of sp³-hybridized carbons (Fsp3) is 0.846. The van der Waals surface area contributed by atoms with Crippen LogP contribution in [0.3, 0.4) is 0 Å². The molecule has 15 heavy (non-hydrogen) atoms. The first-order chi connectivity index (χ1) is 7.33. The van der Waals surface area contributed by atoms with Gasteiger partial charge in [-0.2, -0.15) is 0 Å². The maximum Gasteiger partial charge on any atom is 0.0686 e. The highest BCUT2D eigenvalue weighted by atomic mass is 15.2. The van der Waals surface area contributed by atoms with Crippen molar-refractivity contribution in [3.63, 3.8) is 0 Å². The minimum absolute atomic E-state index is 0.303.